The Kier molecular flexibility index (Phi) is 5.70. The number of benzene rings is 1. The molecule has 0 spiro atoms. The molecule has 2 heterocycles. The van der Waals surface area contributed by atoms with Crippen LogP contribution in [0.2, 0.25) is 5.02 Å². The Hall–Kier alpha value is -2.23. The molecule has 8 nitrogen and oxygen atoms in total. The van der Waals surface area contributed by atoms with Crippen LogP contribution >= 0.6 is 11.6 Å². The summed E-state index contributed by atoms with van der Waals surface area (Å²) in [4.78, 5) is 8.64. The number of hydrogen-bond donors (Lipinski definition) is 2. The quantitative estimate of drug-likeness (QED) is 0.607. The lowest BCUT2D eigenvalue weighted by Gasteiger charge is -2.08. The lowest BCUT2D eigenvalue weighted by Crippen LogP contribution is -2.27. The van der Waals surface area contributed by atoms with E-state index in [9.17, 15) is 8.42 Å². The Morgan fingerprint density at radius 3 is 2.65 bits per heavy atom. The third-order valence-corrected chi connectivity index (χ3v) is 5.44. The Bertz CT molecular complexity index is 988. The van der Waals surface area contributed by atoms with Gasteiger partial charge in [0.25, 0.3) is 0 Å². The minimum absolute atomic E-state index is 0.167. The fourth-order valence-corrected chi connectivity index (χ4v) is 3.57. The summed E-state index contributed by atoms with van der Waals surface area (Å²) in [6, 6.07) is 6.01. The maximum Gasteiger partial charge on any atom is 0.240 e. The molecule has 3 aromatic rings. The summed E-state index contributed by atoms with van der Waals surface area (Å²) in [6.07, 6.45) is 4.13. The molecule has 2 N–H and O–H groups in total. The van der Waals surface area contributed by atoms with Gasteiger partial charge in [-0.15, -0.1) is 0 Å². The summed E-state index contributed by atoms with van der Waals surface area (Å²) in [7, 11) is -3.60. The third-order valence-electron chi connectivity index (χ3n) is 3.72. The Morgan fingerprint density at radius 1 is 1.15 bits per heavy atom. The summed E-state index contributed by atoms with van der Waals surface area (Å²) in [5.74, 6) is 0.727. The highest BCUT2D eigenvalue weighted by atomic mass is 35.5. The SMILES string of the molecule is CCCNc1ncnc2c1cnn2CCNS(=O)(=O)c1ccc(Cl)cc1. The summed E-state index contributed by atoms with van der Waals surface area (Å²) >= 11 is 5.79. The minimum atomic E-state index is -3.60. The predicted octanol–water partition coefficient (Wildman–Crippen LogP) is 2.28. The van der Waals surface area contributed by atoms with Gasteiger partial charge >= 0.3 is 0 Å². The first-order chi connectivity index (χ1) is 12.5. The second-order valence-electron chi connectivity index (χ2n) is 5.61. The van der Waals surface area contributed by atoms with E-state index in [1.165, 1.54) is 18.5 Å². The zero-order chi connectivity index (χ0) is 18.6. The normalized spacial score (nSPS) is 11.8. The van der Waals surface area contributed by atoms with Crippen LogP contribution in [0.25, 0.3) is 11.0 Å². The molecule has 0 aliphatic rings. The Balaban J connectivity index is 1.69. The number of halogens is 1. The van der Waals surface area contributed by atoms with Gasteiger partial charge in [0.2, 0.25) is 10.0 Å². The fourth-order valence-electron chi connectivity index (χ4n) is 2.42. The van der Waals surface area contributed by atoms with Crippen molar-refractivity contribution in [2.24, 2.45) is 0 Å². The van der Waals surface area contributed by atoms with Crippen LogP contribution < -0.4 is 10.0 Å². The van der Waals surface area contributed by atoms with Gasteiger partial charge < -0.3 is 5.32 Å². The van der Waals surface area contributed by atoms with E-state index in [4.69, 9.17) is 11.6 Å². The standard InChI is InChI=1S/C16H19ClN6O2S/c1-2-7-18-15-14-10-21-23(16(14)20-11-19-15)9-8-22-26(24,25)13-5-3-12(17)4-6-13/h3-6,10-11,22H,2,7-9H2,1H3,(H,18,19,20). The number of fused-ring (bicyclic) bond motifs is 1. The van der Waals surface area contributed by atoms with Crippen LogP contribution in [-0.4, -0.2) is 41.3 Å². The molecule has 1 aromatic carbocycles. The van der Waals surface area contributed by atoms with Crippen molar-refractivity contribution in [3.05, 3.63) is 41.8 Å². The van der Waals surface area contributed by atoms with E-state index in [0.29, 0.717) is 17.2 Å². The highest BCUT2D eigenvalue weighted by molar-refractivity contribution is 7.89. The largest absolute Gasteiger partial charge is 0.369 e. The van der Waals surface area contributed by atoms with Gasteiger partial charge in [-0.3, -0.25) is 0 Å². The maximum absolute atomic E-state index is 12.3. The van der Waals surface area contributed by atoms with Gasteiger partial charge in [-0.25, -0.2) is 27.8 Å². The van der Waals surface area contributed by atoms with E-state index in [1.54, 1.807) is 23.0 Å². The molecule has 2 aromatic heterocycles. The van der Waals surface area contributed by atoms with Gasteiger partial charge in [-0.1, -0.05) is 18.5 Å². The molecule has 0 fully saturated rings. The lowest BCUT2D eigenvalue weighted by molar-refractivity contribution is 0.564. The zero-order valence-corrected chi connectivity index (χ0v) is 15.8. The summed E-state index contributed by atoms with van der Waals surface area (Å²) in [5, 5.41) is 8.81. The van der Waals surface area contributed by atoms with Crippen molar-refractivity contribution in [2.75, 3.05) is 18.4 Å². The molecular weight excluding hydrogens is 376 g/mol. The number of nitrogens with zero attached hydrogens (tertiary/aromatic N) is 4. The van der Waals surface area contributed by atoms with Crippen molar-refractivity contribution in [2.45, 2.75) is 24.8 Å². The van der Waals surface area contributed by atoms with Crippen molar-refractivity contribution in [1.29, 1.82) is 0 Å². The second kappa shape index (κ2) is 7.98. The molecule has 138 valence electrons. The van der Waals surface area contributed by atoms with Crippen molar-refractivity contribution in [3.8, 4) is 0 Å². The monoisotopic (exact) mass is 394 g/mol. The van der Waals surface area contributed by atoms with Crippen LogP contribution in [-0.2, 0) is 16.6 Å². The summed E-state index contributed by atoms with van der Waals surface area (Å²) < 4.78 is 28.8. The molecule has 3 rings (SSSR count). The first-order valence-electron chi connectivity index (χ1n) is 8.17. The molecule has 0 bridgehead atoms. The number of aromatic nitrogens is 4. The topological polar surface area (TPSA) is 102 Å². The van der Waals surface area contributed by atoms with Crippen molar-refractivity contribution in [1.82, 2.24) is 24.5 Å². The number of hydrogen-bond acceptors (Lipinski definition) is 6. The molecule has 0 radical (unpaired) electrons. The number of anilines is 1. The van der Waals surface area contributed by atoms with Crippen molar-refractivity contribution >= 4 is 38.5 Å². The van der Waals surface area contributed by atoms with E-state index in [2.05, 4.69) is 32.0 Å². The molecule has 0 aliphatic heterocycles. The summed E-state index contributed by atoms with van der Waals surface area (Å²) in [6.45, 7) is 3.41. The summed E-state index contributed by atoms with van der Waals surface area (Å²) in [5.41, 5.74) is 0.657. The number of rotatable bonds is 8. The number of sulfonamides is 1. The molecule has 0 unspecified atom stereocenters. The molecule has 0 saturated heterocycles. The zero-order valence-electron chi connectivity index (χ0n) is 14.2. The van der Waals surface area contributed by atoms with Gasteiger partial charge in [0.15, 0.2) is 5.65 Å². The smallest absolute Gasteiger partial charge is 0.240 e. The van der Waals surface area contributed by atoms with Crippen LogP contribution in [0, 0.1) is 0 Å². The Labute approximate surface area is 156 Å². The van der Waals surface area contributed by atoms with Gasteiger partial charge in [0, 0.05) is 18.1 Å². The number of nitrogens with one attached hydrogen (secondary N) is 2. The first kappa shape index (κ1) is 18.6. The second-order valence-corrected chi connectivity index (χ2v) is 7.81. The van der Waals surface area contributed by atoms with E-state index in [0.717, 1.165) is 24.2 Å². The third kappa shape index (κ3) is 4.12. The molecular formula is C16H19ClN6O2S. The van der Waals surface area contributed by atoms with Crippen molar-refractivity contribution < 1.29 is 8.42 Å². The fraction of sp³-hybridized carbons (Fsp3) is 0.312. The van der Waals surface area contributed by atoms with Gasteiger partial charge in [0.05, 0.1) is 23.0 Å². The molecule has 0 aliphatic carbocycles. The average molecular weight is 395 g/mol. The van der Waals surface area contributed by atoms with E-state index in [-0.39, 0.29) is 11.4 Å². The minimum Gasteiger partial charge on any atom is -0.369 e. The molecule has 0 saturated carbocycles. The average Bonchev–Trinajstić information content (AvgIpc) is 3.04. The van der Waals surface area contributed by atoms with E-state index in [1.807, 2.05) is 0 Å². The van der Waals surface area contributed by atoms with Gasteiger partial charge in [0.1, 0.15) is 12.1 Å². The molecule has 0 amide bonds. The van der Waals surface area contributed by atoms with Crippen LogP contribution in [0.1, 0.15) is 13.3 Å². The highest BCUT2D eigenvalue weighted by Gasteiger charge is 2.14. The van der Waals surface area contributed by atoms with Gasteiger partial charge in [-0.2, -0.15) is 5.10 Å². The maximum atomic E-state index is 12.3. The highest BCUT2D eigenvalue weighted by Crippen LogP contribution is 2.18. The predicted molar refractivity (Wildman–Crippen MR) is 101 cm³/mol. The van der Waals surface area contributed by atoms with E-state index < -0.39 is 10.0 Å². The molecule has 10 heteroatoms. The van der Waals surface area contributed by atoms with Crippen molar-refractivity contribution in [3.63, 3.8) is 0 Å². The van der Waals surface area contributed by atoms with Crippen LogP contribution in [0.15, 0.2) is 41.7 Å². The van der Waals surface area contributed by atoms with Gasteiger partial charge in [-0.05, 0) is 30.7 Å². The Morgan fingerprint density at radius 2 is 1.92 bits per heavy atom. The molecule has 0 atom stereocenters. The first-order valence-corrected chi connectivity index (χ1v) is 10.0. The van der Waals surface area contributed by atoms with E-state index >= 15 is 0 Å². The van der Waals surface area contributed by atoms with Crippen LogP contribution in [0.5, 0.6) is 0 Å². The van der Waals surface area contributed by atoms with Crippen LogP contribution in [0.3, 0.4) is 0 Å². The molecule has 26 heavy (non-hydrogen) atoms. The van der Waals surface area contributed by atoms with Crippen LogP contribution in [0.4, 0.5) is 5.82 Å². The lowest BCUT2D eigenvalue weighted by atomic mass is 10.4.